The quantitative estimate of drug-likeness (QED) is 0.584. The van der Waals surface area contributed by atoms with Crippen molar-refractivity contribution in [3.05, 3.63) is 77.5 Å². The SMILES string of the molecule is COc1ccccc1[C@H]1N[C@H](C)[C@@H](C)Nc2cn(C(=O)OCc3ccccc3)c(O)c21. The van der Waals surface area contributed by atoms with Crippen molar-refractivity contribution in [3.8, 4) is 11.6 Å². The Hall–Kier alpha value is -3.45. The van der Waals surface area contributed by atoms with E-state index in [2.05, 4.69) is 17.6 Å². The van der Waals surface area contributed by atoms with Gasteiger partial charge in [-0.1, -0.05) is 48.5 Å². The Morgan fingerprint density at radius 1 is 1.06 bits per heavy atom. The first-order chi connectivity index (χ1) is 15.0. The third kappa shape index (κ3) is 4.09. The molecular formula is C24H27N3O4. The maximum atomic E-state index is 12.8. The average Bonchev–Trinajstić information content (AvgIpc) is 3.05. The number of nitrogens with one attached hydrogen (secondary N) is 2. The minimum Gasteiger partial charge on any atom is -0.496 e. The number of methoxy groups -OCH3 is 1. The normalized spacial score (nSPS) is 20.3. The van der Waals surface area contributed by atoms with E-state index >= 15 is 0 Å². The van der Waals surface area contributed by atoms with E-state index < -0.39 is 6.09 Å². The van der Waals surface area contributed by atoms with Crippen LogP contribution in [0.2, 0.25) is 0 Å². The second kappa shape index (κ2) is 8.73. The first-order valence-electron chi connectivity index (χ1n) is 10.3. The molecular weight excluding hydrogens is 394 g/mol. The van der Waals surface area contributed by atoms with E-state index in [1.165, 1.54) is 0 Å². The molecule has 7 nitrogen and oxygen atoms in total. The predicted octanol–water partition coefficient (Wildman–Crippen LogP) is 4.27. The molecule has 162 valence electrons. The number of aromatic hydroxyl groups is 1. The standard InChI is InChI=1S/C24H27N3O4/c1-15-16(2)26-22(18-11-7-8-12-20(18)30-3)21-19(25-15)13-27(23(21)28)24(29)31-14-17-9-5-4-6-10-17/h4-13,15-16,22,25-26,28H,14H2,1-3H3/t15-,16-,22-/m1/s1. The van der Waals surface area contributed by atoms with E-state index in [-0.39, 0.29) is 30.6 Å². The van der Waals surface area contributed by atoms with E-state index in [9.17, 15) is 9.90 Å². The number of fused-ring (bicyclic) bond motifs is 1. The third-order valence-corrected chi connectivity index (χ3v) is 5.72. The summed E-state index contributed by atoms with van der Waals surface area (Å²) in [7, 11) is 1.62. The zero-order valence-electron chi connectivity index (χ0n) is 17.8. The van der Waals surface area contributed by atoms with E-state index in [4.69, 9.17) is 9.47 Å². The number of hydrogen-bond acceptors (Lipinski definition) is 6. The van der Waals surface area contributed by atoms with Gasteiger partial charge in [0.05, 0.1) is 24.4 Å². The van der Waals surface area contributed by atoms with Crippen LogP contribution in [-0.4, -0.2) is 35.0 Å². The minimum absolute atomic E-state index is 0.0639. The molecule has 3 aromatic rings. The molecule has 3 atom stereocenters. The highest BCUT2D eigenvalue weighted by atomic mass is 16.6. The van der Waals surface area contributed by atoms with Crippen LogP contribution < -0.4 is 15.4 Å². The van der Waals surface area contributed by atoms with Gasteiger partial charge in [0.25, 0.3) is 0 Å². The molecule has 3 N–H and O–H groups in total. The first kappa shape index (κ1) is 20.8. The molecule has 0 radical (unpaired) electrons. The Balaban J connectivity index is 1.70. The first-order valence-corrected chi connectivity index (χ1v) is 10.3. The van der Waals surface area contributed by atoms with Gasteiger partial charge >= 0.3 is 6.09 Å². The van der Waals surface area contributed by atoms with Crippen molar-refractivity contribution in [1.29, 1.82) is 0 Å². The average molecular weight is 421 g/mol. The van der Waals surface area contributed by atoms with E-state index in [0.29, 0.717) is 17.0 Å². The Labute approximate surface area is 181 Å². The Morgan fingerprint density at radius 2 is 1.77 bits per heavy atom. The summed E-state index contributed by atoms with van der Waals surface area (Å²) in [5, 5.41) is 18.0. The van der Waals surface area contributed by atoms with Crippen molar-refractivity contribution in [2.45, 2.75) is 38.6 Å². The molecule has 4 rings (SSSR count). The number of ether oxygens (including phenoxy) is 2. The molecule has 31 heavy (non-hydrogen) atoms. The summed E-state index contributed by atoms with van der Waals surface area (Å²) in [5.41, 5.74) is 3.00. The van der Waals surface area contributed by atoms with Gasteiger partial charge in [-0.05, 0) is 25.5 Å². The third-order valence-electron chi connectivity index (χ3n) is 5.72. The van der Waals surface area contributed by atoms with Crippen LogP contribution in [0.5, 0.6) is 11.6 Å². The van der Waals surface area contributed by atoms with E-state index in [1.807, 2.05) is 61.5 Å². The van der Waals surface area contributed by atoms with Crippen molar-refractivity contribution >= 4 is 11.8 Å². The minimum atomic E-state index is -0.643. The van der Waals surface area contributed by atoms with Crippen LogP contribution in [0.15, 0.2) is 60.8 Å². The zero-order valence-corrected chi connectivity index (χ0v) is 17.8. The van der Waals surface area contributed by atoms with Gasteiger partial charge in [0.1, 0.15) is 12.4 Å². The van der Waals surface area contributed by atoms with Crippen LogP contribution in [0, 0.1) is 0 Å². The summed E-state index contributed by atoms with van der Waals surface area (Å²) in [5.74, 6) is 0.539. The lowest BCUT2D eigenvalue weighted by molar-refractivity contribution is 0.139. The number of benzene rings is 2. The number of carbonyl (C=O) groups excluding carboxylic acids is 1. The van der Waals surface area contributed by atoms with Gasteiger partial charge in [-0.15, -0.1) is 0 Å². The van der Waals surface area contributed by atoms with Gasteiger partial charge in [-0.3, -0.25) is 0 Å². The molecule has 0 fully saturated rings. The summed E-state index contributed by atoms with van der Waals surface area (Å²) in [4.78, 5) is 12.8. The number of para-hydroxylation sites is 1. The second-order valence-electron chi connectivity index (χ2n) is 7.75. The fourth-order valence-corrected chi connectivity index (χ4v) is 3.85. The highest BCUT2D eigenvalue weighted by Gasteiger charge is 2.34. The molecule has 1 aliphatic heterocycles. The fraction of sp³-hybridized carbons (Fsp3) is 0.292. The van der Waals surface area contributed by atoms with Crippen LogP contribution in [0.4, 0.5) is 10.5 Å². The highest BCUT2D eigenvalue weighted by molar-refractivity contribution is 5.78. The molecule has 0 saturated heterocycles. The van der Waals surface area contributed by atoms with Crippen LogP contribution >= 0.6 is 0 Å². The van der Waals surface area contributed by atoms with Crippen LogP contribution in [0.3, 0.4) is 0 Å². The number of carbonyl (C=O) groups is 1. The molecule has 1 aliphatic rings. The summed E-state index contributed by atoms with van der Waals surface area (Å²) in [6.45, 7) is 4.25. The number of anilines is 1. The summed E-state index contributed by atoms with van der Waals surface area (Å²) >= 11 is 0. The molecule has 7 heteroatoms. The molecule has 0 aliphatic carbocycles. The monoisotopic (exact) mass is 421 g/mol. The van der Waals surface area contributed by atoms with Crippen molar-refractivity contribution in [2.24, 2.45) is 0 Å². The van der Waals surface area contributed by atoms with Crippen LogP contribution in [-0.2, 0) is 11.3 Å². The number of hydrogen-bond donors (Lipinski definition) is 3. The van der Waals surface area contributed by atoms with Gasteiger partial charge in [0.2, 0.25) is 5.88 Å². The van der Waals surface area contributed by atoms with Crippen molar-refractivity contribution in [1.82, 2.24) is 9.88 Å². The lowest BCUT2D eigenvalue weighted by Crippen LogP contribution is -2.39. The second-order valence-corrected chi connectivity index (χ2v) is 7.75. The molecule has 2 heterocycles. The highest BCUT2D eigenvalue weighted by Crippen LogP contribution is 2.42. The number of aromatic nitrogens is 1. The van der Waals surface area contributed by atoms with Gasteiger partial charge < -0.3 is 25.2 Å². The maximum Gasteiger partial charge on any atom is 0.421 e. The Bertz CT molecular complexity index is 1060. The van der Waals surface area contributed by atoms with Crippen molar-refractivity contribution < 1.29 is 19.4 Å². The molecule has 0 unspecified atom stereocenters. The summed E-state index contributed by atoms with van der Waals surface area (Å²) in [6.07, 6.45) is 0.951. The largest absolute Gasteiger partial charge is 0.496 e. The van der Waals surface area contributed by atoms with Crippen LogP contribution in [0.25, 0.3) is 0 Å². The summed E-state index contributed by atoms with van der Waals surface area (Å²) < 4.78 is 12.1. The molecule has 0 amide bonds. The predicted molar refractivity (Wildman–Crippen MR) is 119 cm³/mol. The van der Waals surface area contributed by atoms with Crippen LogP contribution in [0.1, 0.15) is 36.6 Å². The number of rotatable bonds is 4. The van der Waals surface area contributed by atoms with Crippen molar-refractivity contribution in [2.75, 3.05) is 12.4 Å². The maximum absolute atomic E-state index is 12.8. The van der Waals surface area contributed by atoms with E-state index in [1.54, 1.807) is 13.3 Å². The van der Waals surface area contributed by atoms with Crippen molar-refractivity contribution in [3.63, 3.8) is 0 Å². The number of nitrogens with zero attached hydrogens (tertiary/aromatic N) is 1. The molecule has 1 aromatic heterocycles. The molecule has 0 bridgehead atoms. The van der Waals surface area contributed by atoms with E-state index in [0.717, 1.165) is 15.7 Å². The Morgan fingerprint density at radius 3 is 2.52 bits per heavy atom. The molecule has 0 spiro atoms. The summed E-state index contributed by atoms with van der Waals surface area (Å²) in [6, 6.07) is 16.9. The fourth-order valence-electron chi connectivity index (χ4n) is 3.85. The van der Waals surface area contributed by atoms with Gasteiger partial charge in [0.15, 0.2) is 0 Å². The zero-order chi connectivity index (χ0) is 22.0. The van der Waals surface area contributed by atoms with Gasteiger partial charge in [-0.2, -0.15) is 0 Å². The smallest absolute Gasteiger partial charge is 0.421 e. The topological polar surface area (TPSA) is 84.8 Å². The lowest BCUT2D eigenvalue weighted by Gasteiger charge is -2.25. The molecule has 0 saturated carbocycles. The van der Waals surface area contributed by atoms with Gasteiger partial charge in [0, 0.05) is 23.8 Å². The lowest BCUT2D eigenvalue weighted by atomic mass is 9.98. The Kier molecular flexibility index (Phi) is 5.86. The van der Waals surface area contributed by atoms with Gasteiger partial charge in [-0.25, -0.2) is 9.36 Å². The molecule has 2 aromatic carbocycles.